The summed E-state index contributed by atoms with van der Waals surface area (Å²) in [6.07, 6.45) is 7.66. The molecule has 2 unspecified atom stereocenters. The monoisotopic (exact) mass is 197 g/mol. The SMILES string of the molecule is CCCC(C)C1(N)CCCC(C)(C)C1. The summed E-state index contributed by atoms with van der Waals surface area (Å²) in [6.45, 7) is 9.33. The Morgan fingerprint density at radius 3 is 2.43 bits per heavy atom. The Hall–Kier alpha value is -0.0400. The first kappa shape index (κ1) is 12.0. The lowest BCUT2D eigenvalue weighted by molar-refractivity contribution is 0.104. The lowest BCUT2D eigenvalue weighted by Gasteiger charge is -2.46. The van der Waals surface area contributed by atoms with Crippen molar-refractivity contribution in [1.82, 2.24) is 0 Å². The van der Waals surface area contributed by atoms with E-state index in [0.717, 1.165) is 0 Å². The summed E-state index contributed by atoms with van der Waals surface area (Å²) in [5, 5.41) is 0. The molecule has 0 aliphatic heterocycles. The van der Waals surface area contributed by atoms with Gasteiger partial charge < -0.3 is 5.73 Å². The fourth-order valence-electron chi connectivity index (χ4n) is 3.10. The maximum absolute atomic E-state index is 6.56. The average Bonchev–Trinajstić information content (AvgIpc) is 2.02. The minimum absolute atomic E-state index is 0.123. The molecule has 0 bridgehead atoms. The molecule has 1 aliphatic carbocycles. The van der Waals surface area contributed by atoms with Crippen LogP contribution >= 0.6 is 0 Å². The molecule has 84 valence electrons. The second-order valence-electron chi connectivity index (χ2n) is 6.12. The summed E-state index contributed by atoms with van der Waals surface area (Å²) in [4.78, 5) is 0. The Kier molecular flexibility index (Phi) is 3.63. The van der Waals surface area contributed by atoms with Gasteiger partial charge in [-0.05, 0) is 37.0 Å². The van der Waals surface area contributed by atoms with Gasteiger partial charge in [0.05, 0.1) is 0 Å². The van der Waals surface area contributed by atoms with Crippen LogP contribution in [0.2, 0.25) is 0 Å². The molecular formula is C13H27N. The molecule has 2 N–H and O–H groups in total. The molecule has 0 radical (unpaired) electrons. The Labute approximate surface area is 89.5 Å². The zero-order chi connectivity index (χ0) is 10.8. The van der Waals surface area contributed by atoms with Crippen LogP contribution in [0, 0.1) is 11.3 Å². The molecule has 1 rings (SSSR count). The highest BCUT2D eigenvalue weighted by molar-refractivity contribution is 4.97. The topological polar surface area (TPSA) is 26.0 Å². The van der Waals surface area contributed by atoms with E-state index in [2.05, 4.69) is 27.7 Å². The third-order valence-electron chi connectivity index (χ3n) is 4.01. The van der Waals surface area contributed by atoms with Crippen molar-refractivity contribution in [2.75, 3.05) is 0 Å². The van der Waals surface area contributed by atoms with E-state index in [-0.39, 0.29) is 5.54 Å². The van der Waals surface area contributed by atoms with Crippen molar-refractivity contribution in [1.29, 1.82) is 0 Å². The van der Waals surface area contributed by atoms with Gasteiger partial charge in [0.15, 0.2) is 0 Å². The molecule has 0 spiro atoms. The zero-order valence-corrected chi connectivity index (χ0v) is 10.4. The molecule has 0 aromatic carbocycles. The van der Waals surface area contributed by atoms with Crippen molar-refractivity contribution in [2.24, 2.45) is 17.1 Å². The van der Waals surface area contributed by atoms with Gasteiger partial charge in [-0.25, -0.2) is 0 Å². The van der Waals surface area contributed by atoms with Gasteiger partial charge in [0.2, 0.25) is 0 Å². The van der Waals surface area contributed by atoms with Gasteiger partial charge in [0.1, 0.15) is 0 Å². The van der Waals surface area contributed by atoms with E-state index in [1.807, 2.05) is 0 Å². The number of nitrogens with two attached hydrogens (primary N) is 1. The first-order chi connectivity index (χ1) is 6.40. The van der Waals surface area contributed by atoms with Crippen LogP contribution in [0.3, 0.4) is 0 Å². The van der Waals surface area contributed by atoms with Crippen LogP contribution in [0.5, 0.6) is 0 Å². The fraction of sp³-hybridized carbons (Fsp3) is 1.00. The second kappa shape index (κ2) is 4.22. The highest BCUT2D eigenvalue weighted by Crippen LogP contribution is 2.43. The van der Waals surface area contributed by atoms with E-state index < -0.39 is 0 Å². The molecule has 1 heteroatoms. The standard InChI is InChI=1S/C13H27N/c1-5-7-11(2)13(14)9-6-8-12(3,4)10-13/h11H,5-10,14H2,1-4H3. The Bertz CT molecular complexity index is 186. The summed E-state index contributed by atoms with van der Waals surface area (Å²) in [5.41, 5.74) is 7.15. The van der Waals surface area contributed by atoms with Crippen molar-refractivity contribution in [3.05, 3.63) is 0 Å². The van der Waals surface area contributed by atoms with Gasteiger partial charge in [0, 0.05) is 5.54 Å². The van der Waals surface area contributed by atoms with Gasteiger partial charge in [-0.3, -0.25) is 0 Å². The minimum Gasteiger partial charge on any atom is -0.325 e. The summed E-state index contributed by atoms with van der Waals surface area (Å²) < 4.78 is 0. The summed E-state index contributed by atoms with van der Waals surface area (Å²) in [6, 6.07) is 0. The van der Waals surface area contributed by atoms with E-state index in [0.29, 0.717) is 11.3 Å². The van der Waals surface area contributed by atoms with Gasteiger partial charge in [-0.2, -0.15) is 0 Å². The summed E-state index contributed by atoms with van der Waals surface area (Å²) in [5.74, 6) is 0.687. The predicted octanol–water partition coefficient (Wildman–Crippen LogP) is 3.72. The highest BCUT2D eigenvalue weighted by atomic mass is 14.8. The van der Waals surface area contributed by atoms with Crippen molar-refractivity contribution in [3.8, 4) is 0 Å². The zero-order valence-electron chi connectivity index (χ0n) is 10.4. The molecule has 0 aromatic heterocycles. The van der Waals surface area contributed by atoms with Gasteiger partial charge in [-0.1, -0.05) is 40.5 Å². The van der Waals surface area contributed by atoms with E-state index >= 15 is 0 Å². The van der Waals surface area contributed by atoms with Crippen molar-refractivity contribution >= 4 is 0 Å². The fourth-order valence-corrected chi connectivity index (χ4v) is 3.10. The molecule has 14 heavy (non-hydrogen) atoms. The quantitative estimate of drug-likeness (QED) is 0.733. The van der Waals surface area contributed by atoms with Crippen LogP contribution in [-0.4, -0.2) is 5.54 Å². The van der Waals surface area contributed by atoms with E-state index in [4.69, 9.17) is 5.73 Å². The van der Waals surface area contributed by atoms with Crippen molar-refractivity contribution in [2.45, 2.75) is 71.8 Å². The largest absolute Gasteiger partial charge is 0.325 e. The molecule has 0 saturated heterocycles. The third kappa shape index (κ3) is 2.73. The smallest absolute Gasteiger partial charge is 0.0185 e. The van der Waals surface area contributed by atoms with Crippen LogP contribution in [0.25, 0.3) is 0 Å². The Balaban J connectivity index is 2.63. The molecule has 1 saturated carbocycles. The number of hydrogen-bond acceptors (Lipinski definition) is 1. The first-order valence-corrected chi connectivity index (χ1v) is 6.18. The maximum atomic E-state index is 6.56. The molecule has 1 nitrogen and oxygen atoms in total. The number of hydrogen-bond donors (Lipinski definition) is 1. The van der Waals surface area contributed by atoms with E-state index in [1.165, 1.54) is 38.5 Å². The average molecular weight is 197 g/mol. The van der Waals surface area contributed by atoms with Crippen LogP contribution in [0.4, 0.5) is 0 Å². The lowest BCUT2D eigenvalue weighted by atomic mass is 9.63. The first-order valence-electron chi connectivity index (χ1n) is 6.18. The molecule has 1 aliphatic rings. The van der Waals surface area contributed by atoms with Crippen LogP contribution in [-0.2, 0) is 0 Å². The normalized spacial score (nSPS) is 34.1. The van der Waals surface area contributed by atoms with Crippen LogP contribution < -0.4 is 5.73 Å². The number of rotatable bonds is 3. The maximum Gasteiger partial charge on any atom is 0.0185 e. The van der Waals surface area contributed by atoms with E-state index in [1.54, 1.807) is 0 Å². The summed E-state index contributed by atoms with van der Waals surface area (Å²) in [7, 11) is 0. The molecule has 0 heterocycles. The molecule has 0 amide bonds. The minimum atomic E-state index is 0.123. The van der Waals surface area contributed by atoms with Crippen molar-refractivity contribution < 1.29 is 0 Å². The van der Waals surface area contributed by atoms with Crippen LogP contribution in [0.15, 0.2) is 0 Å². The second-order valence-corrected chi connectivity index (χ2v) is 6.12. The molecule has 1 fully saturated rings. The van der Waals surface area contributed by atoms with Crippen molar-refractivity contribution in [3.63, 3.8) is 0 Å². The van der Waals surface area contributed by atoms with Gasteiger partial charge in [0.25, 0.3) is 0 Å². The Morgan fingerprint density at radius 2 is 1.93 bits per heavy atom. The van der Waals surface area contributed by atoms with Gasteiger partial charge >= 0.3 is 0 Å². The van der Waals surface area contributed by atoms with Crippen LogP contribution in [0.1, 0.15) is 66.2 Å². The highest BCUT2D eigenvalue weighted by Gasteiger charge is 2.40. The summed E-state index contributed by atoms with van der Waals surface area (Å²) >= 11 is 0. The lowest BCUT2D eigenvalue weighted by Crippen LogP contribution is -2.51. The molecular weight excluding hydrogens is 170 g/mol. The predicted molar refractivity (Wildman–Crippen MR) is 63.2 cm³/mol. The van der Waals surface area contributed by atoms with E-state index in [9.17, 15) is 0 Å². The third-order valence-corrected chi connectivity index (χ3v) is 4.01. The molecule has 0 aromatic rings. The van der Waals surface area contributed by atoms with Gasteiger partial charge in [-0.15, -0.1) is 0 Å². The Morgan fingerprint density at radius 1 is 1.29 bits per heavy atom. The molecule has 2 atom stereocenters.